The Morgan fingerprint density at radius 3 is 2.76 bits per heavy atom. The lowest BCUT2D eigenvalue weighted by Gasteiger charge is -2.24. The van der Waals surface area contributed by atoms with Crippen LogP contribution in [0.25, 0.3) is 0 Å². The van der Waals surface area contributed by atoms with Crippen molar-refractivity contribution in [2.45, 2.75) is 45.3 Å². The van der Waals surface area contributed by atoms with E-state index < -0.39 is 0 Å². The standard InChI is InChI=1S/C17H23FN2O/c1-11(2)15-17(21)20(9-8-12-6-7-12)16(19-15)13-4-3-5-14(18)10-13/h3-5,10-12,15-16,19H,6-9H2,1-2H3. The molecule has 1 N–H and O–H groups in total. The lowest BCUT2D eigenvalue weighted by Crippen LogP contribution is -2.35. The summed E-state index contributed by atoms with van der Waals surface area (Å²) in [5.74, 6) is 0.917. The quantitative estimate of drug-likeness (QED) is 0.904. The van der Waals surface area contributed by atoms with Crippen molar-refractivity contribution in [1.29, 1.82) is 0 Å². The van der Waals surface area contributed by atoms with Crippen LogP contribution in [0.15, 0.2) is 24.3 Å². The number of carbonyl (C=O) groups is 1. The van der Waals surface area contributed by atoms with E-state index in [1.807, 2.05) is 24.8 Å². The van der Waals surface area contributed by atoms with Crippen LogP contribution in [0.1, 0.15) is 44.8 Å². The third kappa shape index (κ3) is 3.10. The van der Waals surface area contributed by atoms with Crippen LogP contribution in [-0.4, -0.2) is 23.4 Å². The molecule has 114 valence electrons. The van der Waals surface area contributed by atoms with Gasteiger partial charge in [0.2, 0.25) is 5.91 Å². The predicted octanol–water partition coefficient (Wildman–Crippen LogP) is 3.08. The predicted molar refractivity (Wildman–Crippen MR) is 80.0 cm³/mol. The summed E-state index contributed by atoms with van der Waals surface area (Å²) in [5.41, 5.74) is 0.835. The second-order valence-electron chi connectivity index (χ2n) is 6.61. The number of halogens is 1. The lowest BCUT2D eigenvalue weighted by molar-refractivity contribution is -0.130. The lowest BCUT2D eigenvalue weighted by atomic mass is 10.0. The molecule has 1 amide bonds. The highest BCUT2D eigenvalue weighted by Gasteiger charge is 2.41. The zero-order chi connectivity index (χ0) is 15.0. The monoisotopic (exact) mass is 290 g/mol. The number of nitrogens with zero attached hydrogens (tertiary/aromatic N) is 1. The number of carbonyl (C=O) groups excluding carboxylic acids is 1. The molecule has 0 aromatic heterocycles. The van der Waals surface area contributed by atoms with Gasteiger partial charge in [0.1, 0.15) is 12.0 Å². The van der Waals surface area contributed by atoms with Gasteiger partial charge in [-0.2, -0.15) is 0 Å². The van der Waals surface area contributed by atoms with Gasteiger partial charge in [-0.25, -0.2) is 4.39 Å². The van der Waals surface area contributed by atoms with Gasteiger partial charge < -0.3 is 4.90 Å². The fourth-order valence-electron chi connectivity index (χ4n) is 3.04. The highest BCUT2D eigenvalue weighted by molar-refractivity contribution is 5.84. The first kappa shape index (κ1) is 14.5. The zero-order valence-corrected chi connectivity index (χ0v) is 12.7. The Bertz CT molecular complexity index is 527. The molecule has 2 unspecified atom stereocenters. The fraction of sp³-hybridized carbons (Fsp3) is 0.588. The van der Waals surface area contributed by atoms with E-state index in [9.17, 15) is 9.18 Å². The largest absolute Gasteiger partial charge is 0.322 e. The van der Waals surface area contributed by atoms with E-state index in [2.05, 4.69) is 5.32 Å². The van der Waals surface area contributed by atoms with Crippen molar-refractivity contribution in [3.63, 3.8) is 0 Å². The molecule has 2 aliphatic rings. The number of rotatable bonds is 5. The van der Waals surface area contributed by atoms with Crippen LogP contribution in [0, 0.1) is 17.7 Å². The molecule has 1 aromatic carbocycles. The second-order valence-corrected chi connectivity index (χ2v) is 6.61. The van der Waals surface area contributed by atoms with Gasteiger partial charge in [-0.05, 0) is 36.0 Å². The van der Waals surface area contributed by atoms with Crippen molar-refractivity contribution in [3.05, 3.63) is 35.6 Å². The molecule has 0 bridgehead atoms. The van der Waals surface area contributed by atoms with E-state index in [1.54, 1.807) is 6.07 Å². The Morgan fingerprint density at radius 1 is 1.38 bits per heavy atom. The second kappa shape index (κ2) is 5.76. The van der Waals surface area contributed by atoms with Crippen molar-refractivity contribution in [2.24, 2.45) is 11.8 Å². The summed E-state index contributed by atoms with van der Waals surface area (Å²) in [5, 5.41) is 3.39. The highest BCUT2D eigenvalue weighted by Crippen LogP contribution is 2.35. The smallest absolute Gasteiger partial charge is 0.241 e. The molecule has 1 saturated heterocycles. The molecule has 1 aromatic rings. The summed E-state index contributed by atoms with van der Waals surface area (Å²) in [6.07, 6.45) is 3.44. The fourth-order valence-corrected chi connectivity index (χ4v) is 3.04. The van der Waals surface area contributed by atoms with Gasteiger partial charge in [0.25, 0.3) is 0 Å². The topological polar surface area (TPSA) is 32.3 Å². The Hall–Kier alpha value is -1.42. The van der Waals surface area contributed by atoms with Crippen LogP contribution in [-0.2, 0) is 4.79 Å². The van der Waals surface area contributed by atoms with E-state index in [1.165, 1.54) is 25.0 Å². The van der Waals surface area contributed by atoms with E-state index in [0.717, 1.165) is 24.4 Å². The van der Waals surface area contributed by atoms with Crippen molar-refractivity contribution >= 4 is 5.91 Å². The van der Waals surface area contributed by atoms with E-state index >= 15 is 0 Å². The number of hydrogen-bond donors (Lipinski definition) is 1. The summed E-state index contributed by atoms with van der Waals surface area (Å²) in [6, 6.07) is 6.39. The van der Waals surface area contributed by atoms with Crippen LogP contribution in [0.5, 0.6) is 0 Å². The summed E-state index contributed by atoms with van der Waals surface area (Å²) in [4.78, 5) is 14.5. The maximum absolute atomic E-state index is 13.5. The van der Waals surface area contributed by atoms with E-state index in [4.69, 9.17) is 0 Å². The number of hydrogen-bond acceptors (Lipinski definition) is 2. The Kier molecular flexibility index (Phi) is 3.98. The highest BCUT2D eigenvalue weighted by atomic mass is 19.1. The molecule has 1 heterocycles. The number of amides is 1. The minimum absolute atomic E-state index is 0.153. The molecule has 2 atom stereocenters. The number of benzene rings is 1. The van der Waals surface area contributed by atoms with E-state index in [-0.39, 0.29) is 29.8 Å². The molecule has 2 fully saturated rings. The van der Waals surface area contributed by atoms with Crippen molar-refractivity contribution in [3.8, 4) is 0 Å². The van der Waals surface area contributed by atoms with Crippen molar-refractivity contribution in [2.75, 3.05) is 6.54 Å². The molecule has 1 aliphatic carbocycles. The Labute approximate surface area is 125 Å². The average Bonchev–Trinajstić information content (AvgIpc) is 3.20. The number of nitrogens with one attached hydrogen (secondary N) is 1. The van der Waals surface area contributed by atoms with Gasteiger partial charge in [0.05, 0.1) is 6.04 Å². The molecule has 3 rings (SSSR count). The molecule has 1 aliphatic heterocycles. The average molecular weight is 290 g/mol. The summed E-state index contributed by atoms with van der Waals surface area (Å²) in [6.45, 7) is 4.85. The van der Waals surface area contributed by atoms with Gasteiger partial charge in [-0.3, -0.25) is 10.1 Å². The third-order valence-electron chi connectivity index (χ3n) is 4.50. The summed E-state index contributed by atoms with van der Waals surface area (Å²) >= 11 is 0. The van der Waals surface area contributed by atoms with Crippen LogP contribution >= 0.6 is 0 Å². The Balaban J connectivity index is 1.81. The van der Waals surface area contributed by atoms with Crippen molar-refractivity contribution < 1.29 is 9.18 Å². The SMILES string of the molecule is CC(C)C1NC(c2cccc(F)c2)N(CCC2CC2)C1=O. The van der Waals surface area contributed by atoms with Gasteiger partial charge in [0.15, 0.2) is 0 Å². The summed E-state index contributed by atoms with van der Waals surface area (Å²) in [7, 11) is 0. The van der Waals surface area contributed by atoms with Gasteiger partial charge in [-0.15, -0.1) is 0 Å². The summed E-state index contributed by atoms with van der Waals surface area (Å²) < 4.78 is 13.5. The maximum Gasteiger partial charge on any atom is 0.241 e. The van der Waals surface area contributed by atoms with Gasteiger partial charge >= 0.3 is 0 Å². The first-order valence-electron chi connectivity index (χ1n) is 7.88. The first-order valence-corrected chi connectivity index (χ1v) is 7.88. The molecule has 1 saturated carbocycles. The van der Waals surface area contributed by atoms with Crippen molar-refractivity contribution in [1.82, 2.24) is 10.2 Å². The van der Waals surface area contributed by atoms with Crippen LogP contribution in [0.4, 0.5) is 4.39 Å². The normalized spacial score (nSPS) is 25.9. The molecular formula is C17H23FN2O. The minimum atomic E-state index is -0.253. The Morgan fingerprint density at radius 2 is 2.14 bits per heavy atom. The van der Waals surface area contributed by atoms with Crippen LogP contribution in [0.3, 0.4) is 0 Å². The maximum atomic E-state index is 13.5. The van der Waals surface area contributed by atoms with Gasteiger partial charge in [0, 0.05) is 6.54 Å². The first-order chi connectivity index (χ1) is 10.1. The van der Waals surface area contributed by atoms with Gasteiger partial charge in [-0.1, -0.05) is 38.8 Å². The van der Waals surface area contributed by atoms with Crippen LogP contribution < -0.4 is 5.32 Å². The minimum Gasteiger partial charge on any atom is -0.322 e. The molecule has 3 nitrogen and oxygen atoms in total. The van der Waals surface area contributed by atoms with E-state index in [0.29, 0.717) is 0 Å². The molecule has 21 heavy (non-hydrogen) atoms. The molecule has 0 radical (unpaired) electrons. The third-order valence-corrected chi connectivity index (χ3v) is 4.50. The van der Waals surface area contributed by atoms with Crippen LogP contribution in [0.2, 0.25) is 0 Å². The molecular weight excluding hydrogens is 267 g/mol. The molecule has 4 heteroatoms. The zero-order valence-electron chi connectivity index (χ0n) is 12.7. The molecule has 0 spiro atoms.